The van der Waals surface area contributed by atoms with Gasteiger partial charge in [-0.3, -0.25) is 4.79 Å². The summed E-state index contributed by atoms with van der Waals surface area (Å²) in [5, 5.41) is 6.41. The molecular formula is C26H25N3O3. The molecule has 6 nitrogen and oxygen atoms in total. The van der Waals surface area contributed by atoms with Crippen LogP contribution >= 0.6 is 0 Å². The lowest BCUT2D eigenvalue weighted by Gasteiger charge is -2.14. The van der Waals surface area contributed by atoms with E-state index in [2.05, 4.69) is 15.6 Å². The van der Waals surface area contributed by atoms with Crippen LogP contribution in [0.3, 0.4) is 0 Å². The number of benzene rings is 3. The molecule has 0 saturated carbocycles. The molecule has 0 bridgehead atoms. The van der Waals surface area contributed by atoms with Crippen molar-refractivity contribution in [3.63, 3.8) is 0 Å². The number of anilines is 2. The van der Waals surface area contributed by atoms with Gasteiger partial charge >= 0.3 is 5.63 Å². The third kappa shape index (κ3) is 4.86. The van der Waals surface area contributed by atoms with Gasteiger partial charge in [0.1, 0.15) is 0 Å². The van der Waals surface area contributed by atoms with Crippen LogP contribution in [0.5, 0.6) is 0 Å². The van der Waals surface area contributed by atoms with Gasteiger partial charge < -0.3 is 15.1 Å². The van der Waals surface area contributed by atoms with E-state index < -0.39 is 5.63 Å². The fourth-order valence-corrected chi connectivity index (χ4v) is 3.64. The molecule has 0 aliphatic heterocycles. The van der Waals surface area contributed by atoms with Gasteiger partial charge in [0.05, 0.1) is 16.9 Å². The maximum absolute atomic E-state index is 12.7. The number of nitrogens with zero attached hydrogens (tertiary/aromatic N) is 1. The van der Waals surface area contributed by atoms with Gasteiger partial charge in [-0.05, 0) is 49.1 Å². The number of fused-ring (bicyclic) bond motifs is 1. The summed E-state index contributed by atoms with van der Waals surface area (Å²) in [5.74, 6) is -0.108. The summed E-state index contributed by atoms with van der Waals surface area (Å²) < 4.78 is 5.44. The molecule has 0 aliphatic rings. The fraction of sp³-hybridized carbons (Fsp3) is 0.192. The molecule has 1 atom stereocenters. The van der Waals surface area contributed by atoms with Gasteiger partial charge in [-0.1, -0.05) is 60.7 Å². The summed E-state index contributed by atoms with van der Waals surface area (Å²) in [6.45, 7) is 3.76. The molecule has 2 N–H and O–H groups in total. The molecule has 3 aromatic carbocycles. The highest BCUT2D eigenvalue weighted by atomic mass is 16.4. The quantitative estimate of drug-likeness (QED) is 0.421. The number of aryl methyl sites for hydroxylation is 2. The molecule has 1 heterocycles. The number of carbonyl (C=O) groups is 1. The number of nitrogens with one attached hydrogen (secondary N) is 2. The molecule has 0 radical (unpaired) electrons. The maximum atomic E-state index is 12.7. The Labute approximate surface area is 186 Å². The molecule has 32 heavy (non-hydrogen) atoms. The highest BCUT2D eigenvalue weighted by Crippen LogP contribution is 2.24. The summed E-state index contributed by atoms with van der Waals surface area (Å²) in [6, 6.07) is 23.3. The van der Waals surface area contributed by atoms with Crippen molar-refractivity contribution in [1.29, 1.82) is 0 Å². The second-order valence-corrected chi connectivity index (χ2v) is 7.75. The Kier molecular flexibility index (Phi) is 6.31. The van der Waals surface area contributed by atoms with Crippen molar-refractivity contribution in [2.75, 3.05) is 10.6 Å². The Balaban J connectivity index is 1.51. The Bertz CT molecular complexity index is 1280. The highest BCUT2D eigenvalue weighted by molar-refractivity contribution is 5.95. The molecule has 0 aliphatic carbocycles. The molecule has 0 saturated heterocycles. The van der Waals surface area contributed by atoms with Crippen molar-refractivity contribution < 1.29 is 9.21 Å². The van der Waals surface area contributed by atoms with E-state index in [9.17, 15) is 9.59 Å². The van der Waals surface area contributed by atoms with E-state index in [4.69, 9.17) is 4.42 Å². The van der Waals surface area contributed by atoms with Gasteiger partial charge in [0.2, 0.25) is 5.91 Å². The predicted octanol–water partition coefficient (Wildman–Crippen LogP) is 5.24. The smallest absolute Gasteiger partial charge is 0.348 e. The minimum Gasteiger partial charge on any atom is -0.389 e. The minimum atomic E-state index is -0.490. The first-order valence-electron chi connectivity index (χ1n) is 10.6. The summed E-state index contributed by atoms with van der Waals surface area (Å²) in [5.41, 5.74) is 3.41. The lowest BCUT2D eigenvalue weighted by Crippen LogP contribution is -2.15. The van der Waals surface area contributed by atoms with Crippen LogP contribution in [0.25, 0.3) is 10.9 Å². The van der Waals surface area contributed by atoms with Crippen molar-refractivity contribution in [2.45, 2.75) is 32.7 Å². The summed E-state index contributed by atoms with van der Waals surface area (Å²) in [6.07, 6.45) is 1.01. The Morgan fingerprint density at radius 3 is 2.41 bits per heavy atom. The van der Waals surface area contributed by atoms with Crippen LogP contribution in [-0.4, -0.2) is 10.9 Å². The zero-order valence-electron chi connectivity index (χ0n) is 18.1. The number of rotatable bonds is 7. The minimum absolute atomic E-state index is 0.0754. The zero-order chi connectivity index (χ0) is 22.5. The molecule has 0 fully saturated rings. The lowest BCUT2D eigenvalue weighted by molar-refractivity contribution is -0.116. The summed E-state index contributed by atoms with van der Waals surface area (Å²) in [4.78, 5) is 29.6. The van der Waals surface area contributed by atoms with Gasteiger partial charge in [-0.15, -0.1) is 0 Å². The van der Waals surface area contributed by atoms with Crippen molar-refractivity contribution in [3.8, 4) is 0 Å². The van der Waals surface area contributed by atoms with E-state index in [0.29, 0.717) is 35.0 Å². The van der Waals surface area contributed by atoms with E-state index >= 15 is 0 Å². The molecular weight excluding hydrogens is 402 g/mol. The van der Waals surface area contributed by atoms with E-state index in [0.717, 1.165) is 11.1 Å². The van der Waals surface area contributed by atoms with Crippen molar-refractivity contribution in [1.82, 2.24) is 4.98 Å². The normalized spacial score (nSPS) is 11.8. The number of hydrogen-bond donors (Lipinski definition) is 2. The van der Waals surface area contributed by atoms with Crippen LogP contribution in [0, 0.1) is 6.92 Å². The number of aromatic nitrogens is 1. The fourth-order valence-electron chi connectivity index (χ4n) is 3.64. The Morgan fingerprint density at radius 2 is 1.69 bits per heavy atom. The topological polar surface area (TPSA) is 84.2 Å². The van der Waals surface area contributed by atoms with Crippen molar-refractivity contribution >= 4 is 28.5 Å². The largest absolute Gasteiger partial charge is 0.389 e. The van der Waals surface area contributed by atoms with E-state index in [1.807, 2.05) is 67.6 Å². The molecule has 1 aromatic heterocycles. The first-order valence-corrected chi connectivity index (χ1v) is 10.6. The maximum Gasteiger partial charge on any atom is 0.348 e. The van der Waals surface area contributed by atoms with Gasteiger partial charge in [-0.25, -0.2) is 4.79 Å². The average Bonchev–Trinajstić information content (AvgIpc) is 2.80. The number of hydrogen-bond acceptors (Lipinski definition) is 5. The molecule has 162 valence electrons. The lowest BCUT2D eigenvalue weighted by atomic mass is 10.1. The third-order valence-electron chi connectivity index (χ3n) is 5.46. The highest BCUT2D eigenvalue weighted by Gasteiger charge is 2.15. The molecule has 0 spiro atoms. The Hall–Kier alpha value is -3.93. The van der Waals surface area contributed by atoms with Crippen LogP contribution in [0.4, 0.5) is 11.7 Å². The van der Waals surface area contributed by atoms with Crippen LogP contribution in [0.15, 0.2) is 82.0 Å². The number of amides is 1. The second-order valence-electron chi connectivity index (χ2n) is 7.75. The van der Waals surface area contributed by atoms with Gasteiger partial charge in [-0.2, -0.15) is 4.98 Å². The summed E-state index contributed by atoms with van der Waals surface area (Å²) in [7, 11) is 0. The second kappa shape index (κ2) is 9.47. The molecule has 4 rings (SSSR count). The first-order chi connectivity index (χ1) is 15.5. The van der Waals surface area contributed by atoms with Gasteiger partial charge in [0.25, 0.3) is 6.01 Å². The monoisotopic (exact) mass is 427 g/mol. The summed E-state index contributed by atoms with van der Waals surface area (Å²) >= 11 is 0. The molecule has 1 amide bonds. The van der Waals surface area contributed by atoms with Crippen LogP contribution in [0.1, 0.15) is 36.1 Å². The SMILES string of the molecule is Cc1c(NC(=O)CCc2ccccc2)ccc2nc(NC(C)c3ccccc3)oc(=O)c12. The predicted molar refractivity (Wildman–Crippen MR) is 127 cm³/mol. The third-order valence-corrected chi connectivity index (χ3v) is 5.46. The van der Waals surface area contributed by atoms with Crippen LogP contribution < -0.4 is 16.3 Å². The first kappa shape index (κ1) is 21.3. The Morgan fingerprint density at radius 1 is 1.00 bits per heavy atom. The molecule has 1 unspecified atom stereocenters. The van der Waals surface area contributed by atoms with Gasteiger partial charge in [0.15, 0.2) is 0 Å². The zero-order valence-corrected chi connectivity index (χ0v) is 18.1. The van der Waals surface area contributed by atoms with E-state index in [1.54, 1.807) is 19.1 Å². The molecule has 6 heteroatoms. The van der Waals surface area contributed by atoms with E-state index in [-0.39, 0.29) is 18.0 Å². The van der Waals surface area contributed by atoms with Crippen molar-refractivity contribution in [3.05, 3.63) is 99.9 Å². The number of carbonyl (C=O) groups excluding carboxylic acids is 1. The average molecular weight is 428 g/mol. The van der Waals surface area contributed by atoms with Crippen LogP contribution in [-0.2, 0) is 11.2 Å². The van der Waals surface area contributed by atoms with Crippen LogP contribution in [0.2, 0.25) is 0 Å². The standard InChI is InChI=1S/C26H25N3O3/c1-17-21(28-23(30)16-13-19-9-5-3-6-10-19)14-15-22-24(17)25(31)32-26(29-22)27-18(2)20-11-7-4-8-12-20/h3-12,14-15,18H,13,16H2,1-2H3,(H,27,29)(H,28,30). The van der Waals surface area contributed by atoms with E-state index in [1.165, 1.54) is 0 Å². The molecule has 4 aromatic rings. The van der Waals surface area contributed by atoms with Crippen molar-refractivity contribution in [2.24, 2.45) is 0 Å². The van der Waals surface area contributed by atoms with Gasteiger partial charge in [0, 0.05) is 12.1 Å².